The first-order valence-corrected chi connectivity index (χ1v) is 20.3. The van der Waals surface area contributed by atoms with Crippen molar-refractivity contribution in [2.75, 3.05) is 4.90 Å². The molecule has 0 aliphatic heterocycles. The molecule has 290 valence electrons. The number of benzene rings is 5. The molecule has 0 bridgehead atoms. The van der Waals surface area contributed by atoms with Crippen molar-refractivity contribution in [2.45, 2.75) is 6.92 Å². The highest BCUT2D eigenvalue weighted by Crippen LogP contribution is 2.36. The van der Waals surface area contributed by atoms with Crippen molar-refractivity contribution in [3.8, 4) is 27.0 Å². The van der Waals surface area contributed by atoms with Crippen LogP contribution in [-0.2, 0) is 9.59 Å². The standard InChI is InChI=1S/C51H35N3O4S2/c1-34-3-21-42(22-4-34)54(43-23-13-37(14-24-43)7-5-35-9-17-39(18-10-35)48-29-27-45(59-48)31-41(33-52)50(55)56)44-25-15-38(16-26-44)8-6-36-11-19-40(20-12-36)49-30-28-46(60-49)32-47(53-2)51(57)58/h3-32H,1H3,(H,55,56)(H,57,58)/b7-5+,8-6+,41-31+,47-32-. The number of aliphatic carboxylic acids is 2. The summed E-state index contributed by atoms with van der Waals surface area (Å²) in [7, 11) is 0. The van der Waals surface area contributed by atoms with Crippen LogP contribution in [0.25, 0.3) is 62.2 Å². The molecule has 2 heterocycles. The Hall–Kier alpha value is -7.82. The zero-order chi connectivity index (χ0) is 42.0. The van der Waals surface area contributed by atoms with Gasteiger partial charge >= 0.3 is 11.9 Å². The van der Waals surface area contributed by atoms with E-state index in [2.05, 4.69) is 114 Å². The van der Waals surface area contributed by atoms with Gasteiger partial charge in [-0.1, -0.05) is 115 Å². The molecule has 60 heavy (non-hydrogen) atoms. The maximum atomic E-state index is 11.2. The number of nitriles is 1. The van der Waals surface area contributed by atoms with Crippen LogP contribution in [0.3, 0.4) is 0 Å². The Morgan fingerprint density at radius 2 is 0.950 bits per heavy atom. The molecule has 2 N–H and O–H groups in total. The number of hydrogen-bond acceptors (Lipinski definition) is 6. The van der Waals surface area contributed by atoms with Crippen LogP contribution in [0.5, 0.6) is 0 Å². The van der Waals surface area contributed by atoms with Crippen LogP contribution in [0, 0.1) is 24.8 Å². The lowest BCUT2D eigenvalue weighted by Crippen LogP contribution is -2.09. The summed E-state index contributed by atoms with van der Waals surface area (Å²) < 4.78 is 0. The van der Waals surface area contributed by atoms with Crippen LogP contribution in [0.15, 0.2) is 157 Å². The number of carboxylic acid groups (broad SMARTS) is 2. The summed E-state index contributed by atoms with van der Waals surface area (Å²) in [5, 5.41) is 27.4. The quantitative estimate of drug-likeness (QED) is 0.0519. The van der Waals surface area contributed by atoms with Gasteiger partial charge in [0.2, 0.25) is 0 Å². The summed E-state index contributed by atoms with van der Waals surface area (Å²) in [5.41, 5.74) is 9.95. The third-order valence-electron chi connectivity index (χ3n) is 9.43. The molecule has 2 aromatic heterocycles. The molecule has 0 atom stereocenters. The van der Waals surface area contributed by atoms with E-state index in [1.54, 1.807) is 6.07 Å². The second-order valence-electron chi connectivity index (χ2n) is 13.6. The molecule has 0 saturated heterocycles. The van der Waals surface area contributed by atoms with Gasteiger partial charge in [-0.2, -0.15) is 5.26 Å². The first-order chi connectivity index (χ1) is 29.1. The highest BCUT2D eigenvalue weighted by Gasteiger charge is 2.13. The van der Waals surface area contributed by atoms with Gasteiger partial charge in [0.15, 0.2) is 0 Å². The molecule has 0 saturated carbocycles. The van der Waals surface area contributed by atoms with Gasteiger partial charge in [0.25, 0.3) is 5.70 Å². The Labute approximate surface area is 356 Å². The minimum Gasteiger partial charge on any atom is -0.486 e. The normalized spacial score (nSPS) is 11.7. The van der Waals surface area contributed by atoms with Gasteiger partial charge in [0, 0.05) is 36.6 Å². The lowest BCUT2D eigenvalue weighted by molar-refractivity contribution is -0.133. The van der Waals surface area contributed by atoms with Crippen molar-refractivity contribution < 1.29 is 19.8 Å². The smallest absolute Gasteiger partial charge is 0.346 e. The van der Waals surface area contributed by atoms with Crippen LogP contribution in [-0.4, -0.2) is 22.2 Å². The van der Waals surface area contributed by atoms with Gasteiger partial charge in [-0.3, -0.25) is 4.79 Å². The number of thiophene rings is 2. The summed E-state index contributed by atoms with van der Waals surface area (Å²) in [6.07, 6.45) is 11.1. The van der Waals surface area contributed by atoms with Crippen molar-refractivity contribution in [2.24, 2.45) is 0 Å². The zero-order valence-corrected chi connectivity index (χ0v) is 33.8. The number of carboxylic acids is 2. The Balaban J connectivity index is 1.03. The van der Waals surface area contributed by atoms with E-state index in [0.717, 1.165) is 65.1 Å². The molecule has 0 radical (unpaired) electrons. The topological polar surface area (TPSA) is 106 Å². The Kier molecular flexibility index (Phi) is 12.5. The van der Waals surface area contributed by atoms with E-state index < -0.39 is 11.9 Å². The number of rotatable bonds is 13. The molecule has 7 aromatic rings. The van der Waals surface area contributed by atoms with Gasteiger partial charge in [0.1, 0.15) is 11.6 Å². The molecule has 0 fully saturated rings. The second kappa shape index (κ2) is 18.6. The zero-order valence-electron chi connectivity index (χ0n) is 32.2. The van der Waals surface area contributed by atoms with Crippen LogP contribution in [0.1, 0.15) is 37.6 Å². The predicted molar refractivity (Wildman–Crippen MR) is 247 cm³/mol. The average molecular weight is 818 g/mol. The van der Waals surface area contributed by atoms with Crippen molar-refractivity contribution in [3.05, 3.63) is 206 Å². The minimum atomic E-state index is -1.24. The molecule has 0 aliphatic carbocycles. The van der Waals surface area contributed by atoms with Crippen LogP contribution in [0.2, 0.25) is 0 Å². The Morgan fingerprint density at radius 1 is 0.567 bits per heavy atom. The summed E-state index contributed by atoms with van der Waals surface area (Å²) in [5.74, 6) is -2.47. The number of nitrogens with zero attached hydrogens (tertiary/aromatic N) is 3. The van der Waals surface area contributed by atoms with E-state index in [0.29, 0.717) is 4.88 Å². The minimum absolute atomic E-state index is 0.291. The fourth-order valence-corrected chi connectivity index (χ4v) is 8.15. The SMILES string of the molecule is [C-]#[N+]/C(=C\c1ccc(-c2ccc(/C=C/c3ccc(N(c4ccc(C)cc4)c4ccc(/C=C/c5ccc(-c6ccc(/C=C(\C#N)C(=O)O)s6)cc5)cc4)cc3)cc2)s1)C(=O)O. The molecule has 0 aliphatic rings. The van der Waals surface area contributed by atoms with E-state index in [1.165, 1.54) is 40.4 Å². The van der Waals surface area contributed by atoms with Crippen LogP contribution >= 0.6 is 22.7 Å². The van der Waals surface area contributed by atoms with Crippen LogP contribution in [0.4, 0.5) is 17.1 Å². The number of anilines is 3. The van der Waals surface area contributed by atoms with Crippen molar-refractivity contribution in [1.82, 2.24) is 0 Å². The van der Waals surface area contributed by atoms with Gasteiger partial charge in [-0.15, -0.1) is 22.7 Å². The van der Waals surface area contributed by atoms with Crippen LogP contribution < -0.4 is 4.90 Å². The fraction of sp³-hybridized carbons (Fsp3) is 0.0196. The number of hydrogen-bond donors (Lipinski definition) is 2. The maximum Gasteiger partial charge on any atom is 0.346 e. The summed E-state index contributed by atoms with van der Waals surface area (Å²) >= 11 is 2.88. The third kappa shape index (κ3) is 10.00. The Bertz CT molecular complexity index is 2690. The van der Waals surface area contributed by atoms with Crippen molar-refractivity contribution in [3.63, 3.8) is 0 Å². The van der Waals surface area contributed by atoms with E-state index in [-0.39, 0.29) is 11.3 Å². The molecule has 0 unspecified atom stereocenters. The maximum absolute atomic E-state index is 11.2. The first-order valence-electron chi connectivity index (χ1n) is 18.7. The summed E-state index contributed by atoms with van der Waals surface area (Å²) in [4.78, 5) is 31.2. The first kappa shape index (κ1) is 40.4. The van der Waals surface area contributed by atoms with Crippen molar-refractivity contribution >= 4 is 88.1 Å². The highest BCUT2D eigenvalue weighted by molar-refractivity contribution is 7.16. The number of carbonyl (C=O) groups is 2. The predicted octanol–water partition coefficient (Wildman–Crippen LogP) is 13.6. The van der Waals surface area contributed by atoms with E-state index >= 15 is 0 Å². The molecule has 0 spiro atoms. The van der Waals surface area contributed by atoms with Gasteiger partial charge in [0.05, 0.1) is 6.57 Å². The molecule has 7 nitrogen and oxygen atoms in total. The molecule has 5 aromatic carbocycles. The van der Waals surface area contributed by atoms with E-state index in [1.807, 2.05) is 72.8 Å². The fourth-order valence-electron chi connectivity index (χ4n) is 6.24. The molecule has 7 rings (SSSR count). The largest absolute Gasteiger partial charge is 0.486 e. The van der Waals surface area contributed by atoms with Gasteiger partial charge in [-0.05, 0) is 113 Å². The molecule has 9 heteroatoms. The van der Waals surface area contributed by atoms with E-state index in [4.69, 9.17) is 22.0 Å². The Morgan fingerprint density at radius 3 is 1.32 bits per heavy atom. The van der Waals surface area contributed by atoms with Gasteiger partial charge in [-0.25, -0.2) is 9.64 Å². The molecule has 0 amide bonds. The molecular weight excluding hydrogens is 783 g/mol. The highest BCUT2D eigenvalue weighted by atomic mass is 32.1. The van der Waals surface area contributed by atoms with E-state index in [9.17, 15) is 9.59 Å². The van der Waals surface area contributed by atoms with Gasteiger partial charge < -0.3 is 15.1 Å². The monoisotopic (exact) mass is 817 g/mol. The lowest BCUT2D eigenvalue weighted by Gasteiger charge is -2.26. The molecular formula is C51H35N3O4S2. The summed E-state index contributed by atoms with van der Waals surface area (Å²) in [6.45, 7) is 9.16. The van der Waals surface area contributed by atoms with Crippen molar-refractivity contribution in [1.29, 1.82) is 5.26 Å². The third-order valence-corrected chi connectivity index (χ3v) is 11.6. The second-order valence-corrected chi connectivity index (χ2v) is 15.8. The summed E-state index contributed by atoms with van der Waals surface area (Å²) in [6, 6.07) is 51.0. The lowest BCUT2D eigenvalue weighted by atomic mass is 10.1. The average Bonchev–Trinajstić information content (AvgIpc) is 3.95. The number of aryl methyl sites for hydroxylation is 1.